The van der Waals surface area contributed by atoms with Crippen molar-refractivity contribution in [1.82, 2.24) is 5.32 Å². The van der Waals surface area contributed by atoms with Gasteiger partial charge in [-0.25, -0.2) is 8.78 Å². The Balaban J connectivity index is 1.90. The molecule has 4 heteroatoms. The van der Waals surface area contributed by atoms with Crippen molar-refractivity contribution in [2.75, 3.05) is 13.1 Å². The summed E-state index contributed by atoms with van der Waals surface area (Å²) in [6, 6.07) is 9.39. The fourth-order valence-corrected chi connectivity index (χ4v) is 1.79. The number of piperidine rings is 1. The van der Waals surface area contributed by atoms with Crippen LogP contribution in [0.4, 0.5) is 8.78 Å². The lowest BCUT2D eigenvalue weighted by Crippen LogP contribution is -2.50. The van der Waals surface area contributed by atoms with E-state index in [1.807, 2.05) is 30.3 Å². The topological polar surface area (TPSA) is 21.3 Å². The SMILES string of the molecule is FC1(F)CNCCC1OCc1ccccc1. The molecule has 1 saturated heterocycles. The second-order valence-electron chi connectivity index (χ2n) is 4.01. The van der Waals surface area contributed by atoms with Crippen LogP contribution in [0.25, 0.3) is 0 Å². The van der Waals surface area contributed by atoms with Crippen LogP contribution < -0.4 is 5.32 Å². The highest BCUT2D eigenvalue weighted by Gasteiger charge is 2.42. The first-order valence-corrected chi connectivity index (χ1v) is 5.42. The highest BCUT2D eigenvalue weighted by molar-refractivity contribution is 5.13. The lowest BCUT2D eigenvalue weighted by molar-refractivity contribution is -0.153. The van der Waals surface area contributed by atoms with Gasteiger partial charge in [0.15, 0.2) is 0 Å². The molecular formula is C12H15F2NO. The van der Waals surface area contributed by atoms with E-state index in [1.54, 1.807) is 0 Å². The summed E-state index contributed by atoms with van der Waals surface area (Å²) in [7, 11) is 0. The molecule has 1 fully saturated rings. The Morgan fingerprint density at radius 1 is 1.31 bits per heavy atom. The summed E-state index contributed by atoms with van der Waals surface area (Å²) in [5, 5.41) is 2.67. The van der Waals surface area contributed by atoms with E-state index in [4.69, 9.17) is 4.74 Å². The first-order chi connectivity index (χ1) is 7.68. The molecule has 16 heavy (non-hydrogen) atoms. The van der Waals surface area contributed by atoms with Gasteiger partial charge in [-0.3, -0.25) is 0 Å². The fraction of sp³-hybridized carbons (Fsp3) is 0.500. The van der Waals surface area contributed by atoms with Gasteiger partial charge in [-0.05, 0) is 18.5 Å². The Kier molecular flexibility index (Phi) is 3.51. The van der Waals surface area contributed by atoms with Gasteiger partial charge in [0.2, 0.25) is 0 Å². The van der Waals surface area contributed by atoms with Gasteiger partial charge in [-0.15, -0.1) is 0 Å². The molecule has 0 aromatic heterocycles. The summed E-state index contributed by atoms with van der Waals surface area (Å²) >= 11 is 0. The van der Waals surface area contributed by atoms with Gasteiger partial charge >= 0.3 is 0 Å². The van der Waals surface area contributed by atoms with Gasteiger partial charge in [0.25, 0.3) is 5.92 Å². The fourth-order valence-electron chi connectivity index (χ4n) is 1.79. The molecule has 0 saturated carbocycles. The smallest absolute Gasteiger partial charge is 0.285 e. The average molecular weight is 227 g/mol. The van der Waals surface area contributed by atoms with Crippen LogP contribution in [0.1, 0.15) is 12.0 Å². The number of benzene rings is 1. The summed E-state index contributed by atoms with van der Waals surface area (Å²) in [4.78, 5) is 0. The van der Waals surface area contributed by atoms with E-state index in [0.717, 1.165) is 5.56 Å². The summed E-state index contributed by atoms with van der Waals surface area (Å²) in [6.07, 6.45) is -0.603. The van der Waals surface area contributed by atoms with Crippen molar-refractivity contribution in [1.29, 1.82) is 0 Å². The molecule has 1 aliphatic rings. The van der Waals surface area contributed by atoms with E-state index < -0.39 is 12.0 Å². The number of hydrogen-bond donors (Lipinski definition) is 1. The standard InChI is InChI=1S/C12H15F2NO/c13-12(14)9-15-7-6-11(12)16-8-10-4-2-1-3-5-10/h1-5,11,15H,6-9H2. The zero-order chi connectivity index (χ0) is 11.4. The normalized spacial score (nSPS) is 24.2. The van der Waals surface area contributed by atoms with E-state index in [2.05, 4.69) is 5.32 Å². The molecule has 0 amide bonds. The molecule has 0 radical (unpaired) electrons. The quantitative estimate of drug-likeness (QED) is 0.854. The van der Waals surface area contributed by atoms with E-state index in [-0.39, 0.29) is 13.2 Å². The summed E-state index contributed by atoms with van der Waals surface area (Å²) < 4.78 is 32.1. The largest absolute Gasteiger partial charge is 0.367 e. The molecule has 0 bridgehead atoms. The Labute approximate surface area is 93.6 Å². The van der Waals surface area contributed by atoms with E-state index in [9.17, 15) is 8.78 Å². The molecule has 2 rings (SSSR count). The molecule has 88 valence electrons. The molecule has 0 aliphatic carbocycles. The van der Waals surface area contributed by atoms with E-state index in [1.165, 1.54) is 0 Å². The predicted octanol–water partition coefficient (Wildman–Crippen LogP) is 2.20. The van der Waals surface area contributed by atoms with Gasteiger partial charge in [-0.1, -0.05) is 30.3 Å². The molecule has 0 spiro atoms. The highest BCUT2D eigenvalue weighted by atomic mass is 19.3. The lowest BCUT2D eigenvalue weighted by Gasteiger charge is -2.31. The van der Waals surface area contributed by atoms with E-state index in [0.29, 0.717) is 13.0 Å². The van der Waals surface area contributed by atoms with Crippen LogP contribution in [0, 0.1) is 0 Å². The van der Waals surface area contributed by atoms with Crippen molar-refractivity contribution in [2.45, 2.75) is 25.1 Å². The van der Waals surface area contributed by atoms with Crippen molar-refractivity contribution >= 4 is 0 Å². The van der Waals surface area contributed by atoms with Crippen LogP contribution in [0.15, 0.2) is 30.3 Å². The van der Waals surface area contributed by atoms with Gasteiger partial charge in [0.1, 0.15) is 6.10 Å². The first kappa shape index (κ1) is 11.5. The van der Waals surface area contributed by atoms with Crippen LogP contribution in [-0.4, -0.2) is 25.1 Å². The molecule has 2 nitrogen and oxygen atoms in total. The Bertz CT molecular complexity index is 329. The summed E-state index contributed by atoms with van der Waals surface area (Å²) in [6.45, 7) is 0.558. The maximum atomic E-state index is 13.4. The zero-order valence-corrected chi connectivity index (χ0v) is 8.96. The molecule has 1 unspecified atom stereocenters. The van der Waals surface area contributed by atoms with Gasteiger partial charge in [0, 0.05) is 0 Å². The first-order valence-electron chi connectivity index (χ1n) is 5.42. The van der Waals surface area contributed by atoms with Crippen molar-refractivity contribution in [3.63, 3.8) is 0 Å². The van der Waals surface area contributed by atoms with Crippen molar-refractivity contribution in [3.05, 3.63) is 35.9 Å². The van der Waals surface area contributed by atoms with Crippen molar-refractivity contribution < 1.29 is 13.5 Å². The molecule has 1 N–H and O–H groups in total. The Hall–Kier alpha value is -1.00. The third-order valence-corrected chi connectivity index (χ3v) is 2.71. The number of nitrogens with one attached hydrogen (secondary N) is 1. The van der Waals surface area contributed by atoms with E-state index >= 15 is 0 Å². The van der Waals surface area contributed by atoms with Crippen LogP contribution in [0.5, 0.6) is 0 Å². The average Bonchev–Trinajstić information content (AvgIpc) is 2.28. The number of rotatable bonds is 3. The van der Waals surface area contributed by atoms with Gasteiger partial charge < -0.3 is 10.1 Å². The zero-order valence-electron chi connectivity index (χ0n) is 8.96. The van der Waals surface area contributed by atoms with Crippen LogP contribution in [-0.2, 0) is 11.3 Å². The molecule has 1 aliphatic heterocycles. The molecule has 1 aromatic rings. The van der Waals surface area contributed by atoms with Crippen LogP contribution in [0.3, 0.4) is 0 Å². The molecule has 1 heterocycles. The maximum Gasteiger partial charge on any atom is 0.285 e. The van der Waals surface area contributed by atoms with Gasteiger partial charge in [0.05, 0.1) is 13.2 Å². The Morgan fingerprint density at radius 2 is 2.06 bits per heavy atom. The number of hydrogen-bond acceptors (Lipinski definition) is 2. The van der Waals surface area contributed by atoms with Crippen molar-refractivity contribution in [2.24, 2.45) is 0 Å². The van der Waals surface area contributed by atoms with Gasteiger partial charge in [-0.2, -0.15) is 0 Å². The second-order valence-corrected chi connectivity index (χ2v) is 4.01. The Morgan fingerprint density at radius 3 is 2.75 bits per heavy atom. The summed E-state index contributed by atoms with van der Waals surface area (Å²) in [5.74, 6) is -2.76. The monoisotopic (exact) mass is 227 g/mol. The number of halogens is 2. The minimum atomic E-state index is -2.76. The highest BCUT2D eigenvalue weighted by Crippen LogP contribution is 2.26. The number of alkyl halides is 2. The maximum absolute atomic E-state index is 13.4. The third kappa shape index (κ3) is 2.77. The minimum Gasteiger partial charge on any atom is -0.367 e. The molecule has 1 atom stereocenters. The number of ether oxygens (including phenoxy) is 1. The third-order valence-electron chi connectivity index (χ3n) is 2.71. The molecular weight excluding hydrogens is 212 g/mol. The van der Waals surface area contributed by atoms with Crippen LogP contribution >= 0.6 is 0 Å². The second kappa shape index (κ2) is 4.89. The lowest BCUT2D eigenvalue weighted by atomic mass is 10.1. The minimum absolute atomic E-state index is 0.251. The van der Waals surface area contributed by atoms with Crippen molar-refractivity contribution in [3.8, 4) is 0 Å². The molecule has 1 aromatic carbocycles. The van der Waals surface area contributed by atoms with Crippen LogP contribution in [0.2, 0.25) is 0 Å². The summed E-state index contributed by atoms with van der Waals surface area (Å²) in [5.41, 5.74) is 0.928. The predicted molar refractivity (Wildman–Crippen MR) is 57.5 cm³/mol.